The molecule has 0 bridgehead atoms. The molecule has 5 heteroatoms. The first-order valence-electron chi connectivity index (χ1n) is 41.8. The topological polar surface area (TPSA) is 72.8 Å². The summed E-state index contributed by atoms with van der Waals surface area (Å²) in [6, 6.07) is 0. The van der Waals surface area contributed by atoms with Crippen LogP contribution in [0.25, 0.3) is 0 Å². The quantitative estimate of drug-likeness (QED) is 0.0373. The average molecular weight is 1310 g/mol. The normalized spacial score (nSPS) is 12.7. The van der Waals surface area contributed by atoms with Crippen LogP contribution in [0.3, 0.4) is 0 Å². The number of unbranched alkanes of at least 4 members (excludes halogenated alkanes) is 54. The van der Waals surface area contributed by atoms with Crippen LogP contribution < -0.4 is 0 Å². The summed E-state index contributed by atoms with van der Waals surface area (Å²) >= 11 is 0. The Morgan fingerprint density at radius 1 is 0.255 bits per heavy atom. The Hall–Kier alpha value is -3.18. The van der Waals surface area contributed by atoms with Crippen LogP contribution in [0.2, 0.25) is 0 Å². The summed E-state index contributed by atoms with van der Waals surface area (Å²) < 4.78 is 10.8. The molecule has 1 atom stereocenters. The van der Waals surface area contributed by atoms with Gasteiger partial charge in [-0.2, -0.15) is 0 Å². The van der Waals surface area contributed by atoms with Crippen LogP contribution in [0, 0.1) is 0 Å². The highest BCUT2D eigenvalue weighted by atomic mass is 16.6. The van der Waals surface area contributed by atoms with Crippen LogP contribution in [0.1, 0.15) is 438 Å². The molecule has 0 aromatic carbocycles. The molecule has 0 rings (SSSR count). The maximum Gasteiger partial charge on any atom is 0.306 e. The van der Waals surface area contributed by atoms with Crippen LogP contribution in [0.4, 0.5) is 0 Å². The molecule has 1 N–H and O–H groups in total. The van der Waals surface area contributed by atoms with Gasteiger partial charge in [-0.05, 0) is 96.3 Å². The molecule has 0 aromatic heterocycles. The fourth-order valence-electron chi connectivity index (χ4n) is 12.7. The lowest BCUT2D eigenvalue weighted by atomic mass is 10.0. The number of hydrogen-bond acceptors (Lipinski definition) is 5. The Kier molecular flexibility index (Phi) is 81.2. The number of rotatable bonds is 78. The van der Waals surface area contributed by atoms with Gasteiger partial charge in [0.05, 0.1) is 6.61 Å². The van der Waals surface area contributed by atoms with Crippen molar-refractivity contribution in [1.29, 1.82) is 0 Å². The van der Waals surface area contributed by atoms with Crippen LogP contribution >= 0.6 is 0 Å². The second-order valence-corrected chi connectivity index (χ2v) is 28.2. The highest BCUT2D eigenvalue weighted by Gasteiger charge is 2.16. The number of ether oxygens (including phenoxy) is 2. The molecule has 0 heterocycles. The van der Waals surface area contributed by atoms with Gasteiger partial charge in [-0.15, -0.1) is 0 Å². The minimum absolute atomic E-state index is 0.0619. The fraction of sp³-hybridized carbons (Fsp3) is 0.798. The van der Waals surface area contributed by atoms with Crippen molar-refractivity contribution in [1.82, 2.24) is 0 Å². The smallest absolute Gasteiger partial charge is 0.306 e. The largest absolute Gasteiger partial charge is 0.462 e. The van der Waals surface area contributed by atoms with Gasteiger partial charge >= 0.3 is 11.9 Å². The summed E-state index contributed by atoms with van der Waals surface area (Å²) in [4.78, 5) is 24.7. The highest BCUT2D eigenvalue weighted by molar-refractivity contribution is 5.70. The van der Waals surface area contributed by atoms with Crippen molar-refractivity contribution in [2.24, 2.45) is 0 Å². The van der Waals surface area contributed by atoms with E-state index in [1.807, 2.05) is 0 Å². The number of aliphatic hydroxyl groups excluding tert-OH is 1. The van der Waals surface area contributed by atoms with Crippen molar-refractivity contribution in [2.45, 2.75) is 444 Å². The SMILES string of the molecule is CC/C=C\C/C=C\C/C=C\C/C=C\C/C=C\C/C=C\C/C=C\CCCCCCCCCCCCCCCCCCCCCC(=O)OC(CO)COC(=O)CCCCCCCCCCCCCCCCCCCCCCCCCCCCC/C=C\CCCCCCCCCC. The lowest BCUT2D eigenvalue weighted by Crippen LogP contribution is -2.28. The molecular weight excluding hydrogens is 1150 g/mol. The maximum atomic E-state index is 12.4. The van der Waals surface area contributed by atoms with E-state index in [4.69, 9.17) is 9.47 Å². The van der Waals surface area contributed by atoms with Gasteiger partial charge in [0.15, 0.2) is 6.10 Å². The molecule has 5 nitrogen and oxygen atoms in total. The lowest BCUT2D eigenvalue weighted by molar-refractivity contribution is -0.161. The van der Waals surface area contributed by atoms with Crippen molar-refractivity contribution in [3.8, 4) is 0 Å². The van der Waals surface area contributed by atoms with Gasteiger partial charge in [-0.1, -0.05) is 426 Å². The molecule has 0 aliphatic heterocycles. The van der Waals surface area contributed by atoms with Gasteiger partial charge in [0.2, 0.25) is 0 Å². The molecule has 0 radical (unpaired) electrons. The second kappa shape index (κ2) is 84.0. The second-order valence-electron chi connectivity index (χ2n) is 28.2. The summed E-state index contributed by atoms with van der Waals surface area (Å²) in [7, 11) is 0. The summed E-state index contributed by atoms with van der Waals surface area (Å²) in [5.41, 5.74) is 0. The van der Waals surface area contributed by atoms with Crippen molar-refractivity contribution >= 4 is 11.9 Å². The van der Waals surface area contributed by atoms with E-state index in [1.54, 1.807) is 0 Å². The maximum absolute atomic E-state index is 12.4. The molecular formula is C89H160O5. The average Bonchev–Trinajstić information content (AvgIpc) is 3.77. The van der Waals surface area contributed by atoms with Crippen molar-refractivity contribution in [3.63, 3.8) is 0 Å². The molecule has 0 fully saturated rings. The zero-order valence-corrected chi connectivity index (χ0v) is 63.0. The van der Waals surface area contributed by atoms with E-state index >= 15 is 0 Å². The molecule has 0 aromatic rings. The van der Waals surface area contributed by atoms with Gasteiger partial charge in [0.25, 0.3) is 0 Å². The summed E-state index contributed by atoms with van der Waals surface area (Å²) in [5.74, 6) is -0.568. The van der Waals surface area contributed by atoms with E-state index < -0.39 is 6.10 Å². The number of aliphatic hydroxyl groups is 1. The summed E-state index contributed by atoms with van der Waals surface area (Å²) in [5, 5.41) is 9.74. The lowest BCUT2D eigenvalue weighted by Gasteiger charge is -2.15. The summed E-state index contributed by atoms with van der Waals surface area (Å²) in [6.07, 6.45) is 121. The molecule has 1 unspecified atom stereocenters. The Morgan fingerprint density at radius 3 is 0.702 bits per heavy atom. The summed E-state index contributed by atoms with van der Waals surface area (Å²) in [6.45, 7) is 4.08. The first-order chi connectivity index (χ1) is 46.6. The Balaban J connectivity index is 3.39. The molecule has 0 amide bonds. The molecule has 0 saturated carbocycles. The molecule has 0 spiro atoms. The molecule has 546 valence electrons. The van der Waals surface area contributed by atoms with E-state index in [2.05, 4.69) is 111 Å². The zero-order chi connectivity index (χ0) is 67.5. The standard InChI is InChI=1S/C89H160O5/c1-3-5-7-9-11-13-15-17-19-21-23-25-27-29-31-33-35-37-39-41-43-44-46-48-50-52-54-56-58-60-62-64-66-68-70-72-74-76-78-80-82-84-89(92)94-87(85-90)86-93-88(91)83-81-79-77-75-73-71-69-67-65-63-61-59-57-55-53-51-49-47-45-42-40-38-36-34-32-30-28-26-24-22-20-18-16-14-12-10-8-6-4-2/h5,7,11,13,17,19,22-25,29,31,35,37,41,43,87,90H,3-4,6,8-10,12,14-16,18,20-21,26-28,30,32-34,36,38-40,42,44-86H2,1-2H3/b7-5-,13-11-,19-17-,24-22-,25-23-,31-29-,37-35-,43-41-. The molecule has 0 aliphatic rings. The first-order valence-corrected chi connectivity index (χ1v) is 41.8. The van der Waals surface area contributed by atoms with Crippen LogP contribution in [0.15, 0.2) is 97.2 Å². The van der Waals surface area contributed by atoms with Crippen LogP contribution in [-0.2, 0) is 19.1 Å². The Bertz CT molecular complexity index is 1730. The predicted molar refractivity (Wildman–Crippen MR) is 417 cm³/mol. The third-order valence-corrected chi connectivity index (χ3v) is 18.9. The number of carbonyl (C=O) groups excluding carboxylic acids is 2. The fourth-order valence-corrected chi connectivity index (χ4v) is 12.7. The monoisotopic (exact) mass is 1310 g/mol. The van der Waals surface area contributed by atoms with E-state index in [-0.39, 0.29) is 25.2 Å². The Labute approximate surface area is 587 Å². The van der Waals surface area contributed by atoms with Gasteiger partial charge in [0.1, 0.15) is 6.61 Å². The van der Waals surface area contributed by atoms with Crippen molar-refractivity contribution < 1.29 is 24.2 Å². The van der Waals surface area contributed by atoms with E-state index in [9.17, 15) is 14.7 Å². The van der Waals surface area contributed by atoms with Gasteiger partial charge in [0, 0.05) is 12.8 Å². The number of hydrogen-bond donors (Lipinski definition) is 1. The van der Waals surface area contributed by atoms with Crippen LogP contribution in [-0.4, -0.2) is 36.4 Å². The van der Waals surface area contributed by atoms with Gasteiger partial charge < -0.3 is 14.6 Å². The molecule has 0 aliphatic carbocycles. The van der Waals surface area contributed by atoms with Crippen molar-refractivity contribution in [2.75, 3.05) is 13.2 Å². The minimum Gasteiger partial charge on any atom is -0.462 e. The van der Waals surface area contributed by atoms with E-state index in [1.165, 1.54) is 327 Å². The van der Waals surface area contributed by atoms with Crippen molar-refractivity contribution in [3.05, 3.63) is 97.2 Å². The minimum atomic E-state index is -0.774. The van der Waals surface area contributed by atoms with Gasteiger partial charge in [-0.3, -0.25) is 9.59 Å². The van der Waals surface area contributed by atoms with Gasteiger partial charge in [-0.25, -0.2) is 0 Å². The number of esters is 2. The number of carbonyl (C=O) groups is 2. The molecule has 94 heavy (non-hydrogen) atoms. The first kappa shape index (κ1) is 90.8. The Morgan fingerprint density at radius 2 is 0.457 bits per heavy atom. The third-order valence-electron chi connectivity index (χ3n) is 18.9. The van der Waals surface area contributed by atoms with Crippen LogP contribution in [0.5, 0.6) is 0 Å². The number of allylic oxidation sites excluding steroid dienone is 16. The highest BCUT2D eigenvalue weighted by Crippen LogP contribution is 2.20. The molecule has 0 saturated heterocycles. The van der Waals surface area contributed by atoms with E-state index in [0.29, 0.717) is 12.8 Å². The third kappa shape index (κ3) is 81.2. The van der Waals surface area contributed by atoms with E-state index in [0.717, 1.165) is 83.5 Å². The predicted octanol–water partition coefficient (Wildman–Crippen LogP) is 29.7. The zero-order valence-electron chi connectivity index (χ0n) is 63.0.